The number of likely N-dealkylation sites (N-methyl/N-ethyl adjacent to an activating group) is 2. The second-order valence-corrected chi connectivity index (χ2v) is 11.7. The molecular formula is C32H34N2O3. The molecule has 0 saturated carbocycles. The summed E-state index contributed by atoms with van der Waals surface area (Å²) in [5, 5.41) is 9.78. The van der Waals surface area contributed by atoms with Crippen LogP contribution < -0.4 is 14.5 Å². The van der Waals surface area contributed by atoms with Gasteiger partial charge in [0.1, 0.15) is 5.75 Å². The maximum atomic E-state index is 11.9. The van der Waals surface area contributed by atoms with Crippen LogP contribution >= 0.6 is 0 Å². The third kappa shape index (κ3) is 3.06. The van der Waals surface area contributed by atoms with Gasteiger partial charge in [0.2, 0.25) is 0 Å². The van der Waals surface area contributed by atoms with Crippen molar-refractivity contribution in [3.05, 3.63) is 101 Å². The van der Waals surface area contributed by atoms with Gasteiger partial charge < -0.3 is 19.6 Å². The Morgan fingerprint density at radius 1 is 0.946 bits per heavy atom. The van der Waals surface area contributed by atoms with Gasteiger partial charge >= 0.3 is 5.97 Å². The molecule has 37 heavy (non-hydrogen) atoms. The summed E-state index contributed by atoms with van der Waals surface area (Å²) in [5.74, 6) is -0.210. The van der Waals surface area contributed by atoms with E-state index in [9.17, 15) is 9.90 Å². The van der Waals surface area contributed by atoms with Gasteiger partial charge in [0, 0.05) is 54.5 Å². The zero-order valence-electron chi connectivity index (χ0n) is 22.4. The van der Waals surface area contributed by atoms with Gasteiger partial charge in [-0.2, -0.15) is 0 Å². The smallest absolute Gasteiger partial charge is 0.335 e. The van der Waals surface area contributed by atoms with Crippen LogP contribution in [0.25, 0.3) is 0 Å². The molecular weight excluding hydrogens is 460 g/mol. The number of carboxylic acids is 1. The Bertz CT molecular complexity index is 1470. The summed E-state index contributed by atoms with van der Waals surface area (Å²) in [6.07, 6.45) is 3.06. The summed E-state index contributed by atoms with van der Waals surface area (Å²) in [7, 11) is 4.25. The number of benzene rings is 3. The third-order valence-corrected chi connectivity index (χ3v) is 9.19. The number of aromatic carboxylic acids is 1. The molecule has 0 aromatic heterocycles. The maximum Gasteiger partial charge on any atom is 0.335 e. The molecule has 190 valence electrons. The van der Waals surface area contributed by atoms with Crippen LogP contribution in [-0.2, 0) is 10.8 Å². The largest absolute Gasteiger partial charge is 0.478 e. The van der Waals surface area contributed by atoms with Crippen LogP contribution in [0.2, 0.25) is 0 Å². The highest BCUT2D eigenvalue weighted by Crippen LogP contribution is 2.59. The van der Waals surface area contributed by atoms with Crippen molar-refractivity contribution in [2.75, 3.05) is 23.9 Å². The normalized spacial score (nSPS) is 25.6. The summed E-state index contributed by atoms with van der Waals surface area (Å²) in [5.41, 5.74) is 6.30. The molecule has 3 aliphatic rings. The van der Waals surface area contributed by atoms with Crippen molar-refractivity contribution in [3.63, 3.8) is 0 Å². The predicted octanol–water partition coefficient (Wildman–Crippen LogP) is 6.69. The number of para-hydroxylation sites is 2. The van der Waals surface area contributed by atoms with Gasteiger partial charge in [-0.1, -0.05) is 56.3 Å². The fourth-order valence-electron chi connectivity index (χ4n) is 7.04. The Kier molecular flexibility index (Phi) is 4.88. The lowest BCUT2D eigenvalue weighted by Crippen LogP contribution is -2.61. The summed E-state index contributed by atoms with van der Waals surface area (Å²) >= 11 is 0. The van der Waals surface area contributed by atoms with E-state index < -0.39 is 11.7 Å². The first kappa shape index (κ1) is 23.7. The molecule has 3 aromatic rings. The van der Waals surface area contributed by atoms with Crippen LogP contribution in [0.3, 0.4) is 0 Å². The SMILES string of the molecule is CN1/C(=C/[C@H]2C[C@]3(Oc4ccc(C(=O)O)cc42)N(C)c2ccccc2C3(C)C)C(C)(C)c2ccccc21. The molecule has 6 rings (SSSR count). The van der Waals surface area contributed by atoms with Gasteiger partial charge in [0.15, 0.2) is 5.72 Å². The first-order chi connectivity index (χ1) is 17.5. The van der Waals surface area contributed by atoms with E-state index >= 15 is 0 Å². The maximum absolute atomic E-state index is 11.9. The highest BCUT2D eigenvalue weighted by atomic mass is 16.5. The number of fused-ring (bicyclic) bond motifs is 3. The first-order valence-corrected chi connectivity index (χ1v) is 12.9. The Morgan fingerprint density at radius 2 is 1.59 bits per heavy atom. The topological polar surface area (TPSA) is 53.0 Å². The van der Waals surface area contributed by atoms with Crippen molar-refractivity contribution in [2.45, 2.75) is 56.6 Å². The number of ether oxygens (including phenoxy) is 1. The third-order valence-electron chi connectivity index (χ3n) is 9.19. The molecule has 0 unspecified atom stereocenters. The molecule has 5 heteroatoms. The van der Waals surface area contributed by atoms with Gasteiger partial charge in [-0.05, 0) is 55.3 Å². The van der Waals surface area contributed by atoms with E-state index in [1.54, 1.807) is 12.1 Å². The average Bonchev–Trinajstić information content (AvgIpc) is 3.17. The predicted molar refractivity (Wildman–Crippen MR) is 148 cm³/mol. The number of hydrogen-bond acceptors (Lipinski definition) is 4. The van der Waals surface area contributed by atoms with Crippen LogP contribution in [0.1, 0.15) is 67.1 Å². The number of carboxylic acid groups (broad SMARTS) is 1. The molecule has 1 N–H and O–H groups in total. The molecule has 0 saturated heterocycles. The number of nitrogens with zero attached hydrogens (tertiary/aromatic N) is 2. The number of anilines is 2. The zero-order valence-corrected chi connectivity index (χ0v) is 22.4. The second kappa shape index (κ2) is 7.64. The summed E-state index contributed by atoms with van der Waals surface area (Å²) in [6, 6.07) is 22.4. The van der Waals surface area contributed by atoms with Crippen molar-refractivity contribution in [1.82, 2.24) is 0 Å². The summed E-state index contributed by atoms with van der Waals surface area (Å²) in [6.45, 7) is 9.06. The van der Waals surface area contributed by atoms with Crippen LogP contribution in [0.5, 0.6) is 5.75 Å². The molecule has 0 aliphatic carbocycles. The van der Waals surface area contributed by atoms with Crippen molar-refractivity contribution < 1.29 is 14.6 Å². The first-order valence-electron chi connectivity index (χ1n) is 12.9. The van der Waals surface area contributed by atoms with E-state index in [4.69, 9.17) is 4.74 Å². The number of allylic oxidation sites excluding steroid dienone is 2. The number of hydrogen-bond donors (Lipinski definition) is 1. The number of rotatable bonds is 2. The quantitative estimate of drug-likeness (QED) is 0.430. The minimum Gasteiger partial charge on any atom is -0.478 e. The number of carbonyl (C=O) groups is 1. The van der Waals surface area contributed by atoms with Crippen molar-refractivity contribution in [1.29, 1.82) is 0 Å². The van der Waals surface area contributed by atoms with E-state index in [0.29, 0.717) is 6.42 Å². The van der Waals surface area contributed by atoms with Crippen LogP contribution in [0.4, 0.5) is 11.4 Å². The highest BCUT2D eigenvalue weighted by molar-refractivity contribution is 5.88. The Balaban J connectivity index is 1.54. The van der Waals surface area contributed by atoms with Gasteiger partial charge in [-0.3, -0.25) is 0 Å². The van der Waals surface area contributed by atoms with E-state index in [2.05, 4.69) is 106 Å². The molecule has 3 aromatic carbocycles. The minimum absolute atomic E-state index is 0.0369. The molecule has 0 fully saturated rings. The molecule has 0 amide bonds. The van der Waals surface area contributed by atoms with Crippen LogP contribution in [-0.4, -0.2) is 30.9 Å². The van der Waals surface area contributed by atoms with Crippen molar-refractivity contribution >= 4 is 17.3 Å². The van der Waals surface area contributed by atoms with Gasteiger partial charge in [-0.15, -0.1) is 0 Å². The fourth-order valence-corrected chi connectivity index (χ4v) is 7.04. The average molecular weight is 495 g/mol. The lowest BCUT2D eigenvalue weighted by atomic mass is 9.70. The lowest BCUT2D eigenvalue weighted by Gasteiger charge is -2.50. The van der Waals surface area contributed by atoms with E-state index in [-0.39, 0.29) is 22.3 Å². The van der Waals surface area contributed by atoms with Crippen LogP contribution in [0, 0.1) is 0 Å². The van der Waals surface area contributed by atoms with Gasteiger partial charge in [0.25, 0.3) is 0 Å². The standard InChI is InChI=1S/C32H34N2O3/c1-30(2)23-11-7-9-13-25(23)33(5)28(30)18-21-19-32(37-27-16-15-20(29(35)36)17-22(21)27)31(3,4)24-12-8-10-14-26(24)34(32)6/h7-18,21H,19H2,1-6H3,(H,35,36)/b28-18+/t21-,32+/m0/s1. The summed E-state index contributed by atoms with van der Waals surface area (Å²) < 4.78 is 6.95. The molecule has 0 radical (unpaired) electrons. The van der Waals surface area contributed by atoms with Crippen molar-refractivity contribution in [3.8, 4) is 5.75 Å². The zero-order chi connectivity index (χ0) is 26.3. The van der Waals surface area contributed by atoms with E-state index in [0.717, 1.165) is 11.3 Å². The van der Waals surface area contributed by atoms with Crippen molar-refractivity contribution in [2.24, 2.45) is 0 Å². The monoisotopic (exact) mass is 494 g/mol. The molecule has 3 heterocycles. The van der Waals surface area contributed by atoms with Gasteiger partial charge in [-0.25, -0.2) is 4.79 Å². The molecule has 2 atom stereocenters. The summed E-state index contributed by atoms with van der Waals surface area (Å²) in [4.78, 5) is 16.5. The minimum atomic E-state index is -0.925. The van der Waals surface area contributed by atoms with E-state index in [1.807, 2.05) is 6.07 Å². The Labute approximate surface area is 219 Å². The Hall–Kier alpha value is -3.73. The van der Waals surface area contributed by atoms with E-state index in [1.165, 1.54) is 28.2 Å². The lowest BCUT2D eigenvalue weighted by molar-refractivity contribution is -0.0105. The molecule has 3 aliphatic heterocycles. The molecule has 1 spiro atoms. The second-order valence-electron chi connectivity index (χ2n) is 11.7. The fraction of sp³-hybridized carbons (Fsp3) is 0.344. The highest BCUT2D eigenvalue weighted by Gasteiger charge is 2.60. The van der Waals surface area contributed by atoms with Gasteiger partial charge in [0.05, 0.1) is 11.0 Å². The van der Waals surface area contributed by atoms with Crippen LogP contribution in [0.15, 0.2) is 78.5 Å². The molecule has 0 bridgehead atoms. The molecule has 5 nitrogen and oxygen atoms in total. The Morgan fingerprint density at radius 3 is 2.24 bits per heavy atom.